The standard InChI is InChI=1S/C11H16O5Si/c1-12-17(13-2,14-3)10-4-5-11-9(6-10)7-15-8-16-11/h4-6H,7-8H2,1-3H3. The van der Waals surface area contributed by atoms with Gasteiger partial charge in [0, 0.05) is 32.1 Å². The number of fused-ring (bicyclic) bond motifs is 1. The molecular weight excluding hydrogens is 240 g/mol. The van der Waals surface area contributed by atoms with E-state index in [1.807, 2.05) is 18.2 Å². The van der Waals surface area contributed by atoms with Gasteiger partial charge in [0.05, 0.1) is 6.61 Å². The van der Waals surface area contributed by atoms with Crippen LogP contribution in [-0.2, 0) is 24.6 Å². The Kier molecular flexibility index (Phi) is 3.80. The topological polar surface area (TPSA) is 46.2 Å². The summed E-state index contributed by atoms with van der Waals surface area (Å²) >= 11 is 0. The largest absolute Gasteiger partial charge is 0.536 e. The van der Waals surface area contributed by atoms with E-state index in [1.54, 1.807) is 21.3 Å². The molecule has 2 rings (SSSR count). The average molecular weight is 256 g/mol. The van der Waals surface area contributed by atoms with Crippen molar-refractivity contribution in [3.05, 3.63) is 23.8 Å². The Bertz CT molecular complexity index is 383. The second kappa shape index (κ2) is 5.15. The molecule has 0 saturated heterocycles. The Balaban J connectivity index is 2.38. The molecule has 6 heteroatoms. The van der Waals surface area contributed by atoms with Crippen LogP contribution in [0.3, 0.4) is 0 Å². The third kappa shape index (κ3) is 2.22. The maximum absolute atomic E-state index is 5.43. The zero-order valence-corrected chi connectivity index (χ0v) is 11.2. The minimum atomic E-state index is -2.76. The van der Waals surface area contributed by atoms with Gasteiger partial charge in [0.25, 0.3) is 0 Å². The number of benzene rings is 1. The van der Waals surface area contributed by atoms with Gasteiger partial charge in [-0.2, -0.15) is 0 Å². The lowest BCUT2D eigenvalue weighted by atomic mass is 10.2. The number of rotatable bonds is 4. The predicted octanol–water partition coefficient (Wildman–Crippen LogP) is 0.638. The smallest absolute Gasteiger partial charge is 0.467 e. The van der Waals surface area contributed by atoms with Crippen molar-refractivity contribution in [2.75, 3.05) is 28.1 Å². The minimum absolute atomic E-state index is 0.299. The average Bonchev–Trinajstić information content (AvgIpc) is 2.41. The van der Waals surface area contributed by atoms with Gasteiger partial charge < -0.3 is 22.8 Å². The van der Waals surface area contributed by atoms with Crippen LogP contribution in [-0.4, -0.2) is 36.9 Å². The highest BCUT2D eigenvalue weighted by Gasteiger charge is 2.41. The molecule has 1 aliphatic rings. The monoisotopic (exact) mass is 256 g/mol. The lowest BCUT2D eigenvalue weighted by Crippen LogP contribution is -2.54. The van der Waals surface area contributed by atoms with E-state index in [-0.39, 0.29) is 0 Å². The maximum Gasteiger partial charge on any atom is 0.536 e. The number of ether oxygens (including phenoxy) is 2. The molecule has 0 aliphatic carbocycles. The van der Waals surface area contributed by atoms with Crippen LogP contribution in [0.5, 0.6) is 5.75 Å². The van der Waals surface area contributed by atoms with Crippen molar-refractivity contribution in [1.82, 2.24) is 0 Å². The first-order valence-electron chi connectivity index (χ1n) is 5.25. The van der Waals surface area contributed by atoms with Crippen LogP contribution in [0.25, 0.3) is 0 Å². The molecule has 0 bridgehead atoms. The van der Waals surface area contributed by atoms with Gasteiger partial charge in [-0.05, 0) is 12.1 Å². The summed E-state index contributed by atoms with van der Waals surface area (Å²) in [5, 5.41) is 0.901. The summed E-state index contributed by atoms with van der Waals surface area (Å²) in [5.74, 6) is 0.839. The van der Waals surface area contributed by atoms with Gasteiger partial charge in [-0.1, -0.05) is 6.07 Å². The molecule has 0 spiro atoms. The van der Waals surface area contributed by atoms with Crippen molar-refractivity contribution < 1.29 is 22.8 Å². The van der Waals surface area contributed by atoms with Gasteiger partial charge in [0.2, 0.25) is 0 Å². The molecule has 1 aromatic rings. The normalized spacial score (nSPS) is 15.2. The maximum atomic E-state index is 5.43. The first-order chi connectivity index (χ1) is 8.25. The molecule has 0 N–H and O–H groups in total. The van der Waals surface area contributed by atoms with Crippen molar-refractivity contribution in [1.29, 1.82) is 0 Å². The fraction of sp³-hybridized carbons (Fsp3) is 0.455. The molecule has 0 atom stereocenters. The molecule has 1 heterocycles. The van der Waals surface area contributed by atoms with Crippen molar-refractivity contribution >= 4 is 14.0 Å². The van der Waals surface area contributed by atoms with Crippen molar-refractivity contribution in [2.24, 2.45) is 0 Å². The number of hydrogen-bond acceptors (Lipinski definition) is 5. The van der Waals surface area contributed by atoms with E-state index in [1.165, 1.54) is 0 Å². The minimum Gasteiger partial charge on any atom is -0.467 e. The second-order valence-electron chi connectivity index (χ2n) is 3.60. The Hall–Kier alpha value is -0.923. The third-order valence-electron chi connectivity index (χ3n) is 2.78. The Morgan fingerprint density at radius 3 is 2.47 bits per heavy atom. The Labute approximate surface area is 102 Å². The fourth-order valence-electron chi connectivity index (χ4n) is 1.88. The summed E-state index contributed by atoms with van der Waals surface area (Å²) in [6, 6.07) is 5.76. The SMILES string of the molecule is CO[Si](OC)(OC)c1ccc2c(c1)COCO2. The molecule has 17 heavy (non-hydrogen) atoms. The van der Waals surface area contributed by atoms with Crippen LogP contribution >= 0.6 is 0 Å². The van der Waals surface area contributed by atoms with E-state index in [9.17, 15) is 0 Å². The summed E-state index contributed by atoms with van der Waals surface area (Å²) < 4.78 is 26.9. The van der Waals surface area contributed by atoms with E-state index in [0.717, 1.165) is 16.5 Å². The van der Waals surface area contributed by atoms with Gasteiger partial charge in [0.15, 0.2) is 6.79 Å². The van der Waals surface area contributed by atoms with Crippen molar-refractivity contribution in [3.63, 3.8) is 0 Å². The first kappa shape index (κ1) is 12.5. The van der Waals surface area contributed by atoms with E-state index < -0.39 is 8.80 Å². The lowest BCUT2D eigenvalue weighted by Gasteiger charge is -2.26. The van der Waals surface area contributed by atoms with Crippen molar-refractivity contribution in [2.45, 2.75) is 6.61 Å². The molecule has 0 aromatic heterocycles. The molecule has 0 amide bonds. The predicted molar refractivity (Wildman–Crippen MR) is 63.1 cm³/mol. The highest BCUT2D eigenvalue weighted by molar-refractivity contribution is 6.75. The summed E-state index contributed by atoms with van der Waals surface area (Å²) in [4.78, 5) is 0. The number of hydrogen-bond donors (Lipinski definition) is 0. The second-order valence-corrected chi connectivity index (χ2v) is 6.52. The third-order valence-corrected chi connectivity index (χ3v) is 5.41. The summed E-state index contributed by atoms with van der Waals surface area (Å²) in [6.45, 7) is 0.832. The van der Waals surface area contributed by atoms with Crippen LogP contribution in [0.4, 0.5) is 0 Å². The van der Waals surface area contributed by atoms with Gasteiger partial charge in [-0.15, -0.1) is 0 Å². The van der Waals surface area contributed by atoms with E-state index in [0.29, 0.717) is 13.4 Å². The molecule has 94 valence electrons. The van der Waals surface area contributed by atoms with E-state index in [2.05, 4.69) is 0 Å². The van der Waals surface area contributed by atoms with Crippen LogP contribution in [0, 0.1) is 0 Å². The zero-order chi connectivity index (χ0) is 12.3. The molecule has 0 fully saturated rings. The van der Waals surface area contributed by atoms with Crippen molar-refractivity contribution in [3.8, 4) is 5.75 Å². The highest BCUT2D eigenvalue weighted by Crippen LogP contribution is 2.23. The fourth-order valence-corrected chi connectivity index (χ4v) is 3.73. The lowest BCUT2D eigenvalue weighted by molar-refractivity contribution is -0.0163. The highest BCUT2D eigenvalue weighted by atomic mass is 28.4. The summed E-state index contributed by atoms with van der Waals surface area (Å²) in [7, 11) is 2.00. The summed E-state index contributed by atoms with van der Waals surface area (Å²) in [6.07, 6.45) is 0. The Morgan fingerprint density at radius 2 is 1.82 bits per heavy atom. The molecule has 0 saturated carbocycles. The molecule has 0 radical (unpaired) electrons. The van der Waals surface area contributed by atoms with Crippen LogP contribution in [0.2, 0.25) is 0 Å². The molecular formula is C11H16O5Si. The van der Waals surface area contributed by atoms with Crippen LogP contribution < -0.4 is 9.92 Å². The van der Waals surface area contributed by atoms with Gasteiger partial charge in [-0.3, -0.25) is 0 Å². The van der Waals surface area contributed by atoms with E-state index >= 15 is 0 Å². The Morgan fingerprint density at radius 1 is 1.12 bits per heavy atom. The van der Waals surface area contributed by atoms with Gasteiger partial charge >= 0.3 is 8.80 Å². The van der Waals surface area contributed by atoms with Gasteiger partial charge in [0.1, 0.15) is 5.75 Å². The van der Waals surface area contributed by atoms with Crippen LogP contribution in [0.15, 0.2) is 18.2 Å². The molecule has 5 nitrogen and oxygen atoms in total. The zero-order valence-electron chi connectivity index (χ0n) is 10.2. The van der Waals surface area contributed by atoms with E-state index in [4.69, 9.17) is 22.8 Å². The molecule has 1 aliphatic heterocycles. The quantitative estimate of drug-likeness (QED) is 0.740. The van der Waals surface area contributed by atoms with Crippen LogP contribution in [0.1, 0.15) is 5.56 Å². The molecule has 1 aromatic carbocycles. The first-order valence-corrected chi connectivity index (χ1v) is 6.97. The molecule has 0 unspecified atom stereocenters. The van der Waals surface area contributed by atoms with Gasteiger partial charge in [-0.25, -0.2) is 0 Å². The summed E-state index contributed by atoms with van der Waals surface area (Å²) in [5.41, 5.74) is 0.983.